The van der Waals surface area contributed by atoms with Gasteiger partial charge in [-0.3, -0.25) is 23.7 Å². The van der Waals surface area contributed by atoms with Gasteiger partial charge < -0.3 is 10.1 Å². The van der Waals surface area contributed by atoms with Crippen molar-refractivity contribution in [3.63, 3.8) is 0 Å². The topological polar surface area (TPSA) is 97.7 Å². The molecule has 0 radical (unpaired) electrons. The second kappa shape index (κ2) is 11.0. The lowest BCUT2D eigenvalue weighted by atomic mass is 9.83. The molecule has 2 unspecified atom stereocenters. The smallest absolute Gasteiger partial charge is 0.418 e. The van der Waals surface area contributed by atoms with Crippen LogP contribution in [0.1, 0.15) is 21.9 Å². The molecule has 1 aromatic heterocycles. The number of thiazole rings is 1. The minimum Gasteiger partial charge on any atom is -0.497 e. The van der Waals surface area contributed by atoms with Crippen LogP contribution in [0.3, 0.4) is 0 Å². The molecule has 13 heteroatoms. The highest BCUT2D eigenvalue weighted by Gasteiger charge is 2.56. The normalized spacial score (nSPS) is 19.6. The van der Waals surface area contributed by atoms with Crippen molar-refractivity contribution >= 4 is 52.2 Å². The number of hydrogen-bond donors (Lipinski definition) is 1. The van der Waals surface area contributed by atoms with Gasteiger partial charge in [-0.1, -0.05) is 65.6 Å². The first kappa shape index (κ1) is 28.7. The van der Waals surface area contributed by atoms with E-state index in [4.69, 9.17) is 4.74 Å². The molecule has 4 aromatic rings. The second-order valence-corrected chi connectivity index (χ2v) is 12.0. The van der Waals surface area contributed by atoms with E-state index in [2.05, 4.69) is 5.32 Å². The molecule has 1 fully saturated rings. The number of imide groups is 1. The number of anilines is 2. The first-order valence-corrected chi connectivity index (χ1v) is 14.7. The number of aromatic nitrogens is 1. The number of fused-ring (bicyclic) bond motifs is 2. The zero-order chi connectivity index (χ0) is 30.5. The summed E-state index contributed by atoms with van der Waals surface area (Å²) in [5.74, 6) is -2.65. The first-order chi connectivity index (χ1) is 20.6. The number of carbonyl (C=O) groups excluding carboxylic acids is 3. The maximum Gasteiger partial charge on any atom is 0.418 e. The van der Waals surface area contributed by atoms with E-state index >= 15 is 0 Å². The van der Waals surface area contributed by atoms with Gasteiger partial charge in [0, 0.05) is 10.8 Å². The predicted molar refractivity (Wildman–Crippen MR) is 156 cm³/mol. The fourth-order valence-corrected chi connectivity index (χ4v) is 8.21. The number of para-hydroxylation sites is 1. The Hall–Kier alpha value is -4.36. The number of benzene rings is 3. The van der Waals surface area contributed by atoms with Gasteiger partial charge in [0.25, 0.3) is 0 Å². The molecule has 8 nitrogen and oxygen atoms in total. The first-order valence-electron chi connectivity index (χ1n) is 13.0. The third-order valence-corrected chi connectivity index (χ3v) is 9.95. The highest BCUT2D eigenvalue weighted by Crippen LogP contribution is 2.53. The average molecular weight is 626 g/mol. The minimum atomic E-state index is -4.69. The van der Waals surface area contributed by atoms with E-state index in [0.29, 0.717) is 26.9 Å². The molecule has 0 aliphatic carbocycles. The van der Waals surface area contributed by atoms with Gasteiger partial charge in [0.15, 0.2) is 0 Å². The fraction of sp³-hybridized carbons (Fsp3) is 0.200. The number of alkyl halides is 3. The van der Waals surface area contributed by atoms with E-state index < -0.39 is 63.7 Å². The van der Waals surface area contributed by atoms with Crippen molar-refractivity contribution in [3.8, 4) is 5.75 Å². The van der Waals surface area contributed by atoms with E-state index in [1.807, 2.05) is 18.2 Å². The highest BCUT2D eigenvalue weighted by molar-refractivity contribution is 8.00. The Bertz CT molecular complexity index is 1790. The monoisotopic (exact) mass is 625 g/mol. The summed E-state index contributed by atoms with van der Waals surface area (Å²) in [7, 11) is 1.50. The molecular weight excluding hydrogens is 603 g/mol. The lowest BCUT2D eigenvalue weighted by Crippen LogP contribution is -2.33. The molecule has 2 aliphatic heterocycles. The summed E-state index contributed by atoms with van der Waals surface area (Å²) in [5, 5.41) is 1.70. The van der Waals surface area contributed by atoms with Crippen molar-refractivity contribution in [3.05, 3.63) is 105 Å². The largest absolute Gasteiger partial charge is 0.497 e. The van der Waals surface area contributed by atoms with Crippen LogP contribution in [0.25, 0.3) is 0 Å². The van der Waals surface area contributed by atoms with Crippen molar-refractivity contribution in [2.24, 2.45) is 5.92 Å². The van der Waals surface area contributed by atoms with Crippen LogP contribution in [0.5, 0.6) is 5.75 Å². The fourth-order valence-electron chi connectivity index (χ4n) is 5.43. The number of amides is 3. The molecule has 3 aromatic carbocycles. The SMILES string of the molecule is COc1ccc(N2C(=O)C3Sc4c(sc(=O)n4CC(=O)Nc4ccccc4C(F)(F)F)[C@H](c4ccccc4)C3C2=O)cc1. The van der Waals surface area contributed by atoms with Crippen molar-refractivity contribution in [2.75, 3.05) is 17.3 Å². The van der Waals surface area contributed by atoms with Gasteiger partial charge in [-0.2, -0.15) is 13.2 Å². The summed E-state index contributed by atoms with van der Waals surface area (Å²) in [4.78, 5) is 55.1. The zero-order valence-corrected chi connectivity index (χ0v) is 24.0. The lowest BCUT2D eigenvalue weighted by molar-refractivity contribution is -0.137. The Morgan fingerprint density at radius 2 is 1.60 bits per heavy atom. The summed E-state index contributed by atoms with van der Waals surface area (Å²) < 4.78 is 46.8. The van der Waals surface area contributed by atoms with Crippen LogP contribution in [-0.2, 0) is 27.1 Å². The molecule has 0 spiro atoms. The quantitative estimate of drug-likeness (QED) is 0.290. The highest BCUT2D eigenvalue weighted by atomic mass is 32.2. The van der Waals surface area contributed by atoms with Gasteiger partial charge in [0.1, 0.15) is 17.5 Å². The maximum absolute atomic E-state index is 13.9. The summed E-state index contributed by atoms with van der Waals surface area (Å²) in [6, 6.07) is 20.1. The van der Waals surface area contributed by atoms with Gasteiger partial charge in [-0.05, 0) is 42.0 Å². The molecule has 220 valence electrons. The van der Waals surface area contributed by atoms with E-state index in [1.54, 1.807) is 36.4 Å². The van der Waals surface area contributed by atoms with E-state index in [-0.39, 0.29) is 0 Å². The van der Waals surface area contributed by atoms with Crippen LogP contribution in [-0.4, -0.2) is 34.6 Å². The molecule has 2 aliphatic rings. The Kier molecular flexibility index (Phi) is 7.38. The van der Waals surface area contributed by atoms with E-state index in [9.17, 15) is 32.3 Å². The van der Waals surface area contributed by atoms with Crippen LogP contribution >= 0.6 is 23.1 Å². The van der Waals surface area contributed by atoms with Crippen molar-refractivity contribution < 1.29 is 32.3 Å². The van der Waals surface area contributed by atoms with Crippen molar-refractivity contribution in [2.45, 2.75) is 28.9 Å². The van der Waals surface area contributed by atoms with Crippen molar-refractivity contribution in [1.82, 2.24) is 4.57 Å². The number of hydrogen-bond acceptors (Lipinski definition) is 7. The van der Waals surface area contributed by atoms with Gasteiger partial charge in [-0.15, -0.1) is 0 Å². The van der Waals surface area contributed by atoms with Crippen molar-refractivity contribution in [1.29, 1.82) is 0 Å². The Morgan fingerprint density at radius 3 is 2.28 bits per heavy atom. The van der Waals surface area contributed by atoms with Gasteiger partial charge in [0.2, 0.25) is 17.7 Å². The second-order valence-electron chi connectivity index (χ2n) is 9.88. The zero-order valence-electron chi connectivity index (χ0n) is 22.3. The Morgan fingerprint density at radius 1 is 0.930 bits per heavy atom. The van der Waals surface area contributed by atoms with E-state index in [0.717, 1.165) is 44.7 Å². The molecule has 6 rings (SSSR count). The van der Waals surface area contributed by atoms with Crippen LogP contribution in [0.15, 0.2) is 88.7 Å². The van der Waals surface area contributed by atoms with Gasteiger partial charge >= 0.3 is 11.0 Å². The lowest BCUT2D eigenvalue weighted by Gasteiger charge is -2.30. The van der Waals surface area contributed by atoms with E-state index in [1.165, 1.54) is 19.2 Å². The number of thioether (sulfide) groups is 1. The number of nitrogens with zero attached hydrogens (tertiary/aromatic N) is 2. The molecule has 0 bridgehead atoms. The van der Waals surface area contributed by atoms with Crippen LogP contribution in [0, 0.1) is 5.92 Å². The predicted octanol–water partition coefficient (Wildman–Crippen LogP) is 5.37. The van der Waals surface area contributed by atoms with Crippen LogP contribution in [0.2, 0.25) is 0 Å². The molecule has 1 saturated heterocycles. The van der Waals surface area contributed by atoms with Crippen LogP contribution in [0.4, 0.5) is 24.5 Å². The average Bonchev–Trinajstić information content (AvgIpc) is 3.43. The molecule has 3 atom stereocenters. The minimum absolute atomic E-state index is 0.335. The molecule has 3 heterocycles. The Labute approximate surface area is 251 Å². The number of carbonyl (C=O) groups is 3. The molecular formula is C30H22F3N3O5S2. The standard InChI is InChI=1S/C30H22F3N3O5S2/c1-41-18-13-11-17(12-14-18)36-26(38)23-22(16-7-3-2-4-8-16)25-28(42-24(23)27(36)39)35(29(40)43-25)15-21(37)34-20-10-6-5-9-19(20)30(31,32)33/h2-14,22-24H,15H2,1H3,(H,34,37)/t22-,23?,24?/m1/s1. The number of rotatable bonds is 6. The third-order valence-electron chi connectivity index (χ3n) is 7.35. The summed E-state index contributed by atoms with van der Waals surface area (Å²) >= 11 is 1.88. The molecule has 1 N–H and O–H groups in total. The number of nitrogens with one attached hydrogen (secondary N) is 1. The summed E-state index contributed by atoms with van der Waals surface area (Å²) in [5.41, 5.74) is -0.355. The third kappa shape index (κ3) is 5.12. The molecule has 3 amide bonds. The Balaban J connectivity index is 1.38. The van der Waals surface area contributed by atoms with Gasteiger partial charge in [0.05, 0.1) is 35.0 Å². The van der Waals surface area contributed by atoms with Gasteiger partial charge in [-0.25, -0.2) is 4.90 Å². The number of ether oxygens (including phenoxy) is 1. The maximum atomic E-state index is 13.9. The summed E-state index contributed by atoms with van der Waals surface area (Å²) in [6.07, 6.45) is -4.69. The molecule has 43 heavy (non-hydrogen) atoms. The molecule has 0 saturated carbocycles. The van der Waals surface area contributed by atoms with Crippen LogP contribution < -0.4 is 19.8 Å². The summed E-state index contributed by atoms with van der Waals surface area (Å²) in [6.45, 7) is -0.576. The number of methoxy groups -OCH3 is 1. The number of halogens is 3.